The second-order valence-corrected chi connectivity index (χ2v) is 6.83. The molecule has 0 unspecified atom stereocenters. The maximum atomic E-state index is 11.3. The van der Waals surface area contributed by atoms with Gasteiger partial charge in [-0.25, -0.2) is 9.78 Å². The van der Waals surface area contributed by atoms with E-state index in [2.05, 4.69) is 17.1 Å². The molecule has 0 aliphatic rings. The number of carboxylic acids is 1. The minimum absolute atomic E-state index is 0.295. The van der Waals surface area contributed by atoms with Gasteiger partial charge in [-0.2, -0.15) is 0 Å². The predicted octanol–water partition coefficient (Wildman–Crippen LogP) is 4.85. The van der Waals surface area contributed by atoms with Crippen molar-refractivity contribution < 1.29 is 9.90 Å². The fourth-order valence-electron chi connectivity index (χ4n) is 2.71. The average Bonchev–Trinajstić information content (AvgIpc) is 3.23. The molecule has 5 heteroatoms. The number of aromatic carboxylic acids is 1. The van der Waals surface area contributed by atoms with Crippen LogP contribution in [0, 0.1) is 0 Å². The Kier molecular flexibility index (Phi) is 6.30. The molecule has 4 aromatic rings. The lowest BCUT2D eigenvalue weighted by atomic mass is 10.1. The zero-order chi connectivity index (χ0) is 19.1. The number of benzene rings is 2. The molecule has 0 amide bonds. The van der Waals surface area contributed by atoms with Crippen molar-refractivity contribution in [2.24, 2.45) is 5.73 Å². The summed E-state index contributed by atoms with van der Waals surface area (Å²) in [4.78, 5) is 16.8. The van der Waals surface area contributed by atoms with Gasteiger partial charge in [-0.1, -0.05) is 54.6 Å². The Morgan fingerprint density at radius 3 is 2.41 bits per heavy atom. The van der Waals surface area contributed by atoms with Crippen molar-refractivity contribution >= 4 is 28.2 Å². The van der Waals surface area contributed by atoms with Gasteiger partial charge < -0.3 is 10.8 Å². The minimum Gasteiger partial charge on any atom is -0.478 e. The first-order valence-electron chi connectivity index (χ1n) is 8.60. The lowest BCUT2D eigenvalue weighted by molar-refractivity contribution is 0.0699. The second-order valence-electron chi connectivity index (χ2n) is 5.88. The van der Waals surface area contributed by atoms with Gasteiger partial charge in [-0.3, -0.25) is 0 Å². The molecule has 4 nitrogen and oxygen atoms in total. The van der Waals surface area contributed by atoms with Crippen molar-refractivity contribution in [3.05, 3.63) is 89.3 Å². The van der Waals surface area contributed by atoms with E-state index in [1.165, 1.54) is 5.56 Å². The van der Waals surface area contributed by atoms with E-state index in [0.29, 0.717) is 22.2 Å². The van der Waals surface area contributed by atoms with Crippen LogP contribution in [0.4, 0.5) is 0 Å². The molecule has 0 aliphatic heterocycles. The largest absolute Gasteiger partial charge is 0.478 e. The maximum Gasteiger partial charge on any atom is 0.336 e. The number of nitrogens with zero attached hydrogens (tertiary/aromatic N) is 1. The van der Waals surface area contributed by atoms with Crippen LogP contribution >= 0.6 is 11.3 Å². The molecular formula is C22H20N2O2S. The molecule has 3 N–H and O–H groups in total. The molecule has 0 saturated heterocycles. The summed E-state index contributed by atoms with van der Waals surface area (Å²) in [6, 6.07) is 23.1. The Hall–Kier alpha value is -3.02. The summed E-state index contributed by atoms with van der Waals surface area (Å²) in [5.41, 5.74) is 8.39. The van der Waals surface area contributed by atoms with E-state index < -0.39 is 5.97 Å². The third-order valence-electron chi connectivity index (χ3n) is 4.00. The molecule has 0 fully saturated rings. The number of pyridine rings is 1. The molecule has 0 spiro atoms. The normalized spacial score (nSPS) is 10.3. The molecular weight excluding hydrogens is 356 g/mol. The Morgan fingerprint density at radius 2 is 1.74 bits per heavy atom. The maximum absolute atomic E-state index is 11.3. The first-order chi connectivity index (χ1) is 13.2. The van der Waals surface area contributed by atoms with Gasteiger partial charge in [0.05, 0.1) is 21.7 Å². The van der Waals surface area contributed by atoms with E-state index in [-0.39, 0.29) is 0 Å². The lowest BCUT2D eigenvalue weighted by Gasteiger charge is -2.05. The molecule has 0 aliphatic carbocycles. The molecule has 4 rings (SSSR count). The van der Waals surface area contributed by atoms with Gasteiger partial charge in [0, 0.05) is 5.39 Å². The zero-order valence-electron chi connectivity index (χ0n) is 14.7. The van der Waals surface area contributed by atoms with Crippen LogP contribution < -0.4 is 5.73 Å². The molecule has 2 aromatic heterocycles. The van der Waals surface area contributed by atoms with Gasteiger partial charge in [-0.15, -0.1) is 11.3 Å². The third-order valence-corrected chi connectivity index (χ3v) is 4.89. The van der Waals surface area contributed by atoms with Crippen molar-refractivity contribution in [3.63, 3.8) is 0 Å². The van der Waals surface area contributed by atoms with E-state index in [1.807, 2.05) is 53.9 Å². The zero-order valence-corrected chi connectivity index (χ0v) is 15.5. The monoisotopic (exact) mass is 376 g/mol. The lowest BCUT2D eigenvalue weighted by Crippen LogP contribution is -2.01. The summed E-state index contributed by atoms with van der Waals surface area (Å²) in [6.07, 6.45) is 0.987. The fraction of sp³-hybridized carbons (Fsp3) is 0.0909. The number of para-hydroxylation sites is 1. The van der Waals surface area contributed by atoms with Crippen molar-refractivity contribution in [1.29, 1.82) is 0 Å². The molecule has 2 heterocycles. The number of hydrogen-bond acceptors (Lipinski definition) is 4. The van der Waals surface area contributed by atoms with E-state index in [9.17, 15) is 9.90 Å². The highest BCUT2D eigenvalue weighted by atomic mass is 32.1. The van der Waals surface area contributed by atoms with Crippen LogP contribution in [0.3, 0.4) is 0 Å². The summed E-state index contributed by atoms with van der Waals surface area (Å²) < 4.78 is 0. The second kappa shape index (κ2) is 9.07. The van der Waals surface area contributed by atoms with Crippen LogP contribution in [0.25, 0.3) is 21.5 Å². The van der Waals surface area contributed by atoms with Gasteiger partial charge in [-0.05, 0) is 42.1 Å². The van der Waals surface area contributed by atoms with Crippen LogP contribution in [0.2, 0.25) is 0 Å². The van der Waals surface area contributed by atoms with E-state index in [0.717, 1.165) is 17.8 Å². The number of thiophene rings is 1. The van der Waals surface area contributed by atoms with Gasteiger partial charge in [0.2, 0.25) is 0 Å². The molecule has 27 heavy (non-hydrogen) atoms. The Labute approximate surface area is 161 Å². The molecule has 0 atom stereocenters. The molecule has 136 valence electrons. The highest BCUT2D eigenvalue weighted by molar-refractivity contribution is 7.13. The first kappa shape index (κ1) is 18.8. The van der Waals surface area contributed by atoms with Gasteiger partial charge in [0.25, 0.3) is 0 Å². The smallest absolute Gasteiger partial charge is 0.336 e. The van der Waals surface area contributed by atoms with Crippen LogP contribution in [-0.4, -0.2) is 22.6 Å². The number of carbonyl (C=O) groups is 1. The molecule has 0 saturated carbocycles. The van der Waals surface area contributed by atoms with Crippen molar-refractivity contribution in [3.8, 4) is 10.6 Å². The number of hydrogen-bond donors (Lipinski definition) is 2. The van der Waals surface area contributed by atoms with Crippen molar-refractivity contribution in [2.75, 3.05) is 6.54 Å². The standard InChI is InChI=1S/C14H9NO2S.C8H11N/c16-14(17)10-8-12(13-6-3-7-18-13)15-11-5-2-1-4-9(10)11;9-7-6-8-4-2-1-3-5-8/h1-8H,(H,16,17);1-5H,6-7,9H2. The first-order valence-corrected chi connectivity index (χ1v) is 9.48. The number of rotatable bonds is 4. The molecule has 0 bridgehead atoms. The van der Waals surface area contributed by atoms with Gasteiger partial charge in [0.1, 0.15) is 0 Å². The van der Waals surface area contributed by atoms with Crippen LogP contribution in [-0.2, 0) is 6.42 Å². The molecule has 2 aromatic carbocycles. The van der Waals surface area contributed by atoms with E-state index >= 15 is 0 Å². The number of nitrogens with two attached hydrogens (primary N) is 1. The van der Waals surface area contributed by atoms with Gasteiger partial charge >= 0.3 is 5.97 Å². The minimum atomic E-state index is -0.925. The Balaban J connectivity index is 0.000000197. The highest BCUT2D eigenvalue weighted by Crippen LogP contribution is 2.27. The topological polar surface area (TPSA) is 76.2 Å². The quantitative estimate of drug-likeness (QED) is 0.534. The average molecular weight is 376 g/mol. The Morgan fingerprint density at radius 1 is 1.00 bits per heavy atom. The number of aromatic nitrogens is 1. The number of fused-ring (bicyclic) bond motifs is 1. The summed E-state index contributed by atoms with van der Waals surface area (Å²) in [5, 5.41) is 11.9. The summed E-state index contributed by atoms with van der Waals surface area (Å²) in [6.45, 7) is 0.740. The van der Waals surface area contributed by atoms with Crippen LogP contribution in [0.15, 0.2) is 78.2 Å². The van der Waals surface area contributed by atoms with Crippen LogP contribution in [0.5, 0.6) is 0 Å². The summed E-state index contributed by atoms with van der Waals surface area (Å²) in [7, 11) is 0. The van der Waals surface area contributed by atoms with E-state index in [1.54, 1.807) is 23.5 Å². The number of carboxylic acid groups (broad SMARTS) is 1. The Bertz CT molecular complexity index is 1020. The fourth-order valence-corrected chi connectivity index (χ4v) is 3.40. The third kappa shape index (κ3) is 4.78. The van der Waals surface area contributed by atoms with Crippen molar-refractivity contribution in [1.82, 2.24) is 4.98 Å². The predicted molar refractivity (Wildman–Crippen MR) is 111 cm³/mol. The van der Waals surface area contributed by atoms with Gasteiger partial charge in [0.15, 0.2) is 0 Å². The SMILES string of the molecule is NCCc1ccccc1.O=C(O)c1cc(-c2cccs2)nc2ccccc12. The summed E-state index contributed by atoms with van der Waals surface area (Å²) in [5.74, 6) is -0.925. The highest BCUT2D eigenvalue weighted by Gasteiger charge is 2.12. The summed E-state index contributed by atoms with van der Waals surface area (Å²) >= 11 is 1.55. The van der Waals surface area contributed by atoms with Crippen LogP contribution in [0.1, 0.15) is 15.9 Å². The molecule has 0 radical (unpaired) electrons. The van der Waals surface area contributed by atoms with E-state index in [4.69, 9.17) is 5.73 Å². The van der Waals surface area contributed by atoms with Crippen molar-refractivity contribution in [2.45, 2.75) is 6.42 Å².